The predicted octanol–water partition coefficient (Wildman–Crippen LogP) is 1.68. The summed E-state index contributed by atoms with van der Waals surface area (Å²) in [7, 11) is 4.47. The van der Waals surface area contributed by atoms with Crippen LogP contribution in [0.3, 0.4) is 0 Å². The molecule has 4 heteroatoms. The van der Waals surface area contributed by atoms with Crippen LogP contribution < -0.4 is 5.32 Å². The molecule has 0 spiro atoms. The van der Waals surface area contributed by atoms with Gasteiger partial charge in [-0.1, -0.05) is 6.92 Å². The van der Waals surface area contributed by atoms with Gasteiger partial charge in [0.2, 0.25) is 0 Å². The molecule has 1 aliphatic rings. The highest BCUT2D eigenvalue weighted by Crippen LogP contribution is 2.24. The van der Waals surface area contributed by atoms with Gasteiger partial charge in [0, 0.05) is 44.1 Å². The van der Waals surface area contributed by atoms with Crippen molar-refractivity contribution in [3.05, 3.63) is 29.6 Å². The van der Waals surface area contributed by atoms with E-state index in [9.17, 15) is 0 Å². The zero-order valence-corrected chi connectivity index (χ0v) is 13.3. The Hall–Kier alpha value is -0.970. The SMILES string of the molecule is CCNC(CC1CN(C)CCN1C)c1cnccc1C. The van der Waals surface area contributed by atoms with Crippen LogP contribution in [0.5, 0.6) is 0 Å². The third-order valence-electron chi connectivity index (χ3n) is 4.39. The molecule has 2 rings (SSSR count). The van der Waals surface area contributed by atoms with Crippen molar-refractivity contribution in [2.45, 2.75) is 32.4 Å². The van der Waals surface area contributed by atoms with E-state index in [1.54, 1.807) is 0 Å². The summed E-state index contributed by atoms with van der Waals surface area (Å²) < 4.78 is 0. The zero-order valence-electron chi connectivity index (χ0n) is 13.3. The molecule has 0 aromatic carbocycles. The zero-order chi connectivity index (χ0) is 14.5. The molecule has 1 aliphatic heterocycles. The normalized spacial score (nSPS) is 22.9. The summed E-state index contributed by atoms with van der Waals surface area (Å²) in [4.78, 5) is 9.24. The molecule has 0 bridgehead atoms. The van der Waals surface area contributed by atoms with Crippen LogP contribution in [-0.4, -0.2) is 61.1 Å². The Labute approximate surface area is 123 Å². The number of aromatic nitrogens is 1. The van der Waals surface area contributed by atoms with E-state index >= 15 is 0 Å². The Bertz CT molecular complexity index is 421. The number of nitrogens with zero attached hydrogens (tertiary/aromatic N) is 3. The first-order valence-electron chi connectivity index (χ1n) is 7.64. The maximum absolute atomic E-state index is 4.31. The number of piperazine rings is 1. The van der Waals surface area contributed by atoms with Crippen molar-refractivity contribution in [1.29, 1.82) is 0 Å². The number of pyridine rings is 1. The van der Waals surface area contributed by atoms with Crippen LogP contribution in [0.4, 0.5) is 0 Å². The molecule has 2 heterocycles. The van der Waals surface area contributed by atoms with Crippen molar-refractivity contribution in [1.82, 2.24) is 20.1 Å². The van der Waals surface area contributed by atoms with Crippen molar-refractivity contribution in [2.75, 3.05) is 40.3 Å². The lowest BCUT2D eigenvalue weighted by atomic mass is 9.95. The van der Waals surface area contributed by atoms with Gasteiger partial charge in [-0.05, 0) is 51.2 Å². The maximum Gasteiger partial charge on any atom is 0.0353 e. The molecular weight excluding hydrogens is 248 g/mol. The fourth-order valence-corrected chi connectivity index (χ4v) is 3.04. The van der Waals surface area contributed by atoms with Crippen molar-refractivity contribution in [3.63, 3.8) is 0 Å². The number of likely N-dealkylation sites (N-methyl/N-ethyl adjacent to an activating group) is 2. The lowest BCUT2D eigenvalue weighted by Gasteiger charge is -2.39. The van der Waals surface area contributed by atoms with E-state index in [2.05, 4.69) is 54.1 Å². The van der Waals surface area contributed by atoms with E-state index in [-0.39, 0.29) is 0 Å². The maximum atomic E-state index is 4.31. The topological polar surface area (TPSA) is 31.4 Å². The largest absolute Gasteiger partial charge is 0.310 e. The van der Waals surface area contributed by atoms with Gasteiger partial charge in [0.15, 0.2) is 0 Å². The molecule has 1 fully saturated rings. The molecular formula is C16H28N4. The molecule has 0 amide bonds. The van der Waals surface area contributed by atoms with Gasteiger partial charge in [-0.25, -0.2) is 0 Å². The third-order valence-corrected chi connectivity index (χ3v) is 4.39. The van der Waals surface area contributed by atoms with Crippen molar-refractivity contribution in [2.24, 2.45) is 0 Å². The van der Waals surface area contributed by atoms with Crippen molar-refractivity contribution >= 4 is 0 Å². The van der Waals surface area contributed by atoms with E-state index in [4.69, 9.17) is 0 Å². The average Bonchev–Trinajstić information content (AvgIpc) is 2.43. The summed E-state index contributed by atoms with van der Waals surface area (Å²) in [6.45, 7) is 8.83. The van der Waals surface area contributed by atoms with Crippen LogP contribution in [0.2, 0.25) is 0 Å². The van der Waals surface area contributed by atoms with Gasteiger partial charge in [-0.2, -0.15) is 0 Å². The smallest absolute Gasteiger partial charge is 0.0353 e. The van der Waals surface area contributed by atoms with Crippen molar-refractivity contribution < 1.29 is 0 Å². The van der Waals surface area contributed by atoms with Crippen molar-refractivity contribution in [3.8, 4) is 0 Å². The summed E-state index contributed by atoms with van der Waals surface area (Å²) in [6.07, 6.45) is 5.04. The van der Waals surface area contributed by atoms with Crippen LogP contribution in [0.1, 0.15) is 30.5 Å². The van der Waals surface area contributed by atoms with Crippen LogP contribution in [0, 0.1) is 6.92 Å². The first-order chi connectivity index (χ1) is 9.61. The third kappa shape index (κ3) is 3.78. The minimum absolute atomic E-state index is 0.396. The number of nitrogens with one attached hydrogen (secondary N) is 1. The lowest BCUT2D eigenvalue weighted by Crippen LogP contribution is -2.51. The minimum atomic E-state index is 0.396. The second kappa shape index (κ2) is 7.16. The highest BCUT2D eigenvalue weighted by Gasteiger charge is 2.26. The molecule has 0 aliphatic carbocycles. The fourth-order valence-electron chi connectivity index (χ4n) is 3.04. The molecule has 1 aromatic rings. The van der Waals surface area contributed by atoms with Gasteiger partial charge < -0.3 is 15.1 Å². The molecule has 1 saturated heterocycles. The molecule has 2 unspecified atom stereocenters. The van der Waals surface area contributed by atoms with Gasteiger partial charge in [-0.15, -0.1) is 0 Å². The minimum Gasteiger partial charge on any atom is -0.310 e. The molecule has 2 atom stereocenters. The van der Waals surface area contributed by atoms with Gasteiger partial charge in [0.1, 0.15) is 0 Å². The fraction of sp³-hybridized carbons (Fsp3) is 0.688. The summed E-state index contributed by atoms with van der Waals surface area (Å²) >= 11 is 0. The molecule has 1 N–H and O–H groups in total. The highest BCUT2D eigenvalue weighted by molar-refractivity contribution is 5.25. The van der Waals surface area contributed by atoms with Gasteiger partial charge in [0.25, 0.3) is 0 Å². The Morgan fingerprint density at radius 2 is 2.20 bits per heavy atom. The predicted molar refractivity (Wildman–Crippen MR) is 83.9 cm³/mol. The Morgan fingerprint density at radius 3 is 2.90 bits per heavy atom. The van der Waals surface area contributed by atoms with Gasteiger partial charge in [-0.3, -0.25) is 4.98 Å². The quantitative estimate of drug-likeness (QED) is 0.886. The summed E-state index contributed by atoms with van der Waals surface area (Å²) in [5.74, 6) is 0. The van der Waals surface area contributed by atoms with Gasteiger partial charge in [0.05, 0.1) is 0 Å². The number of hydrogen-bond acceptors (Lipinski definition) is 4. The second-order valence-electron chi connectivity index (χ2n) is 5.97. The first-order valence-corrected chi connectivity index (χ1v) is 7.64. The van der Waals surface area contributed by atoms with E-state index in [0.29, 0.717) is 12.1 Å². The molecule has 20 heavy (non-hydrogen) atoms. The molecule has 1 aromatic heterocycles. The van der Waals surface area contributed by atoms with Crippen LogP contribution in [0.15, 0.2) is 18.5 Å². The van der Waals surface area contributed by atoms with Crippen LogP contribution in [-0.2, 0) is 0 Å². The second-order valence-corrected chi connectivity index (χ2v) is 5.97. The molecule has 0 saturated carbocycles. The Kier molecular flexibility index (Phi) is 5.52. The first kappa shape index (κ1) is 15.4. The molecule has 112 valence electrons. The van der Waals surface area contributed by atoms with Crippen LogP contribution in [0.25, 0.3) is 0 Å². The number of aryl methyl sites for hydroxylation is 1. The highest BCUT2D eigenvalue weighted by atomic mass is 15.3. The van der Waals surface area contributed by atoms with E-state index in [1.807, 2.05) is 12.4 Å². The van der Waals surface area contributed by atoms with E-state index < -0.39 is 0 Å². The van der Waals surface area contributed by atoms with E-state index in [1.165, 1.54) is 17.7 Å². The monoisotopic (exact) mass is 276 g/mol. The summed E-state index contributed by atoms with van der Waals surface area (Å²) in [5.41, 5.74) is 2.67. The lowest BCUT2D eigenvalue weighted by molar-refractivity contribution is 0.101. The molecule has 0 radical (unpaired) electrons. The molecule has 4 nitrogen and oxygen atoms in total. The standard InChI is InChI=1S/C16H28N4/c1-5-18-16(15-11-17-7-6-13(15)2)10-14-12-19(3)8-9-20(14)4/h6-7,11,14,16,18H,5,8-10,12H2,1-4H3. The van der Waals surface area contributed by atoms with E-state index in [0.717, 1.165) is 26.1 Å². The average molecular weight is 276 g/mol. The van der Waals surface area contributed by atoms with Gasteiger partial charge >= 0.3 is 0 Å². The van der Waals surface area contributed by atoms with Crippen LogP contribution >= 0.6 is 0 Å². The summed E-state index contributed by atoms with van der Waals surface area (Å²) in [6, 6.07) is 3.11. The Morgan fingerprint density at radius 1 is 1.40 bits per heavy atom. The Balaban J connectivity index is 2.11. The number of hydrogen-bond donors (Lipinski definition) is 1. The summed E-state index contributed by atoms with van der Waals surface area (Å²) in [5, 5.41) is 3.64. The number of rotatable bonds is 5.